The molecule has 108 valence electrons. The molecule has 0 aliphatic heterocycles. The number of rotatable bonds is 3. The van der Waals surface area contributed by atoms with E-state index in [9.17, 15) is 10.1 Å². The molecule has 2 aromatic rings. The average Bonchev–Trinajstić information content (AvgIpc) is 3.19. The zero-order chi connectivity index (χ0) is 14.7. The molecule has 21 heavy (non-hydrogen) atoms. The average molecular weight is 317 g/mol. The Morgan fingerprint density at radius 1 is 1.33 bits per heavy atom. The maximum absolute atomic E-state index is 12.3. The van der Waals surface area contributed by atoms with Gasteiger partial charge in [0.25, 0.3) is 5.91 Å². The molecule has 4 nitrogen and oxygen atoms in total. The van der Waals surface area contributed by atoms with Crippen molar-refractivity contribution < 1.29 is 4.79 Å². The lowest BCUT2D eigenvalue weighted by Crippen LogP contribution is -2.48. The number of thiophene rings is 1. The molecule has 1 N–H and O–H groups in total. The van der Waals surface area contributed by atoms with Crippen LogP contribution in [0.5, 0.6) is 0 Å². The summed E-state index contributed by atoms with van der Waals surface area (Å²) in [6.45, 7) is 0. The van der Waals surface area contributed by atoms with Crippen LogP contribution < -0.4 is 5.32 Å². The molecule has 0 unspecified atom stereocenters. The van der Waals surface area contributed by atoms with E-state index in [2.05, 4.69) is 16.4 Å². The van der Waals surface area contributed by atoms with Gasteiger partial charge in [-0.2, -0.15) is 16.6 Å². The van der Waals surface area contributed by atoms with E-state index in [-0.39, 0.29) is 5.91 Å². The molecule has 1 aliphatic carbocycles. The van der Waals surface area contributed by atoms with Crippen molar-refractivity contribution in [3.8, 4) is 16.6 Å². The summed E-state index contributed by atoms with van der Waals surface area (Å²) in [5.41, 5.74) is 0.736. The first-order valence-electron chi connectivity index (χ1n) is 6.94. The number of nitrogens with one attached hydrogen (secondary N) is 1. The molecule has 0 bridgehead atoms. The van der Waals surface area contributed by atoms with Crippen LogP contribution in [0.3, 0.4) is 0 Å². The standard InChI is InChI=1S/C15H15N3OS2/c16-10-15(5-2-1-3-6-15)18-13(19)12-9-21-14(17-12)11-4-7-20-8-11/h4,7-9H,1-3,5-6H2,(H,18,19). The molecule has 0 atom stereocenters. The Labute approximate surface area is 131 Å². The van der Waals surface area contributed by atoms with Crippen molar-refractivity contribution in [2.24, 2.45) is 0 Å². The van der Waals surface area contributed by atoms with Crippen LogP contribution in [0.25, 0.3) is 10.6 Å². The first kappa shape index (κ1) is 14.2. The fourth-order valence-corrected chi connectivity index (χ4v) is 4.11. The number of nitrogens with zero attached hydrogens (tertiary/aromatic N) is 2. The molecule has 0 aromatic carbocycles. The van der Waals surface area contributed by atoms with Crippen molar-refractivity contribution >= 4 is 28.6 Å². The summed E-state index contributed by atoms with van der Waals surface area (Å²) in [5, 5.41) is 18.9. The lowest BCUT2D eigenvalue weighted by molar-refractivity contribution is 0.0898. The highest BCUT2D eigenvalue weighted by molar-refractivity contribution is 7.14. The summed E-state index contributed by atoms with van der Waals surface area (Å²) >= 11 is 3.06. The molecule has 1 fully saturated rings. The smallest absolute Gasteiger partial charge is 0.272 e. The minimum absolute atomic E-state index is 0.240. The number of thiazole rings is 1. The van der Waals surface area contributed by atoms with Crippen molar-refractivity contribution in [2.45, 2.75) is 37.6 Å². The second kappa shape index (κ2) is 5.96. The third-order valence-corrected chi connectivity index (χ3v) is 5.35. The molecule has 6 heteroatoms. The molecule has 1 saturated carbocycles. The van der Waals surface area contributed by atoms with Gasteiger partial charge in [0.15, 0.2) is 0 Å². The third-order valence-electron chi connectivity index (χ3n) is 3.78. The normalized spacial score (nSPS) is 17.1. The van der Waals surface area contributed by atoms with E-state index in [1.54, 1.807) is 16.7 Å². The Balaban J connectivity index is 1.75. The van der Waals surface area contributed by atoms with Gasteiger partial charge in [0.05, 0.1) is 6.07 Å². The van der Waals surface area contributed by atoms with Gasteiger partial charge in [-0.05, 0) is 24.3 Å². The quantitative estimate of drug-likeness (QED) is 0.935. The van der Waals surface area contributed by atoms with E-state index < -0.39 is 5.54 Å². The van der Waals surface area contributed by atoms with Crippen LogP contribution in [-0.4, -0.2) is 16.4 Å². The lowest BCUT2D eigenvalue weighted by atomic mass is 9.83. The molecule has 0 spiro atoms. The number of hydrogen-bond donors (Lipinski definition) is 1. The van der Waals surface area contributed by atoms with Crippen LogP contribution in [0, 0.1) is 11.3 Å². The van der Waals surface area contributed by atoms with E-state index in [4.69, 9.17) is 0 Å². The van der Waals surface area contributed by atoms with E-state index in [1.165, 1.54) is 11.3 Å². The predicted octanol–water partition coefficient (Wildman–Crippen LogP) is 3.83. The zero-order valence-electron chi connectivity index (χ0n) is 11.5. The van der Waals surface area contributed by atoms with Crippen LogP contribution in [0.4, 0.5) is 0 Å². The first-order valence-corrected chi connectivity index (χ1v) is 8.77. The van der Waals surface area contributed by atoms with Gasteiger partial charge in [-0.25, -0.2) is 4.98 Å². The highest BCUT2D eigenvalue weighted by Crippen LogP contribution is 2.29. The summed E-state index contributed by atoms with van der Waals surface area (Å²) in [7, 11) is 0. The zero-order valence-corrected chi connectivity index (χ0v) is 13.1. The highest BCUT2D eigenvalue weighted by atomic mass is 32.1. The van der Waals surface area contributed by atoms with Gasteiger partial charge in [0.2, 0.25) is 0 Å². The molecule has 2 heterocycles. The fraction of sp³-hybridized carbons (Fsp3) is 0.400. The van der Waals surface area contributed by atoms with Crippen LogP contribution >= 0.6 is 22.7 Å². The van der Waals surface area contributed by atoms with Crippen molar-refractivity contribution in [2.75, 3.05) is 0 Å². The molecule has 1 amide bonds. The van der Waals surface area contributed by atoms with Crippen LogP contribution in [-0.2, 0) is 0 Å². The molecule has 1 aliphatic rings. The molecule has 0 saturated heterocycles. The Morgan fingerprint density at radius 2 is 2.14 bits per heavy atom. The Kier molecular flexibility index (Phi) is 4.04. The van der Waals surface area contributed by atoms with Gasteiger partial charge in [0, 0.05) is 16.3 Å². The van der Waals surface area contributed by atoms with E-state index in [0.717, 1.165) is 42.7 Å². The molecule has 2 aromatic heterocycles. The molecular weight excluding hydrogens is 302 g/mol. The third kappa shape index (κ3) is 2.99. The number of aromatic nitrogens is 1. The summed E-state index contributed by atoms with van der Waals surface area (Å²) < 4.78 is 0. The Hall–Kier alpha value is -1.71. The van der Waals surface area contributed by atoms with Gasteiger partial charge in [-0.1, -0.05) is 19.3 Å². The second-order valence-electron chi connectivity index (χ2n) is 5.26. The number of carbonyl (C=O) groups is 1. The Bertz CT molecular complexity index is 663. The SMILES string of the molecule is N#CC1(NC(=O)c2csc(-c3ccsc3)n2)CCCCC1. The summed E-state index contributed by atoms with van der Waals surface area (Å²) in [4.78, 5) is 16.7. The number of carbonyl (C=O) groups excluding carboxylic acids is 1. The maximum atomic E-state index is 12.3. The monoisotopic (exact) mass is 317 g/mol. The molecule has 0 radical (unpaired) electrons. The highest BCUT2D eigenvalue weighted by Gasteiger charge is 2.34. The Morgan fingerprint density at radius 3 is 2.81 bits per heavy atom. The number of nitriles is 1. The number of hydrogen-bond acceptors (Lipinski definition) is 5. The van der Waals surface area contributed by atoms with E-state index in [1.807, 2.05) is 16.8 Å². The largest absolute Gasteiger partial charge is 0.332 e. The van der Waals surface area contributed by atoms with Crippen LogP contribution in [0.1, 0.15) is 42.6 Å². The second-order valence-corrected chi connectivity index (χ2v) is 6.90. The molecular formula is C15H15N3OS2. The van der Waals surface area contributed by atoms with Gasteiger partial charge >= 0.3 is 0 Å². The predicted molar refractivity (Wildman–Crippen MR) is 84.3 cm³/mol. The van der Waals surface area contributed by atoms with Crippen molar-refractivity contribution in [1.82, 2.24) is 10.3 Å². The fourth-order valence-electron chi connectivity index (χ4n) is 2.60. The van der Waals surface area contributed by atoms with Gasteiger partial charge in [-0.15, -0.1) is 11.3 Å². The summed E-state index contributed by atoms with van der Waals surface area (Å²) in [6, 6.07) is 4.29. The minimum Gasteiger partial charge on any atom is -0.332 e. The van der Waals surface area contributed by atoms with Gasteiger partial charge in [-0.3, -0.25) is 4.79 Å². The summed E-state index contributed by atoms with van der Waals surface area (Å²) in [6.07, 6.45) is 4.59. The molecule has 3 rings (SSSR count). The number of amides is 1. The van der Waals surface area contributed by atoms with Crippen molar-refractivity contribution in [3.05, 3.63) is 27.9 Å². The van der Waals surface area contributed by atoms with Gasteiger partial charge in [0.1, 0.15) is 16.2 Å². The van der Waals surface area contributed by atoms with Crippen molar-refractivity contribution in [3.63, 3.8) is 0 Å². The first-order chi connectivity index (χ1) is 10.2. The van der Waals surface area contributed by atoms with Crippen LogP contribution in [0.15, 0.2) is 22.2 Å². The van der Waals surface area contributed by atoms with E-state index in [0.29, 0.717) is 5.69 Å². The lowest BCUT2D eigenvalue weighted by Gasteiger charge is -2.31. The topological polar surface area (TPSA) is 65.8 Å². The van der Waals surface area contributed by atoms with E-state index >= 15 is 0 Å². The minimum atomic E-state index is -0.707. The maximum Gasteiger partial charge on any atom is 0.272 e. The van der Waals surface area contributed by atoms with Crippen LogP contribution in [0.2, 0.25) is 0 Å². The summed E-state index contributed by atoms with van der Waals surface area (Å²) in [5.74, 6) is -0.240. The van der Waals surface area contributed by atoms with Gasteiger partial charge < -0.3 is 5.32 Å². The van der Waals surface area contributed by atoms with Crippen molar-refractivity contribution in [1.29, 1.82) is 5.26 Å².